The molecule has 1 aromatic rings. The fraction of sp³-hybridized carbons (Fsp3) is 0.444. The first-order chi connectivity index (χ1) is 11.1. The SMILES string of the molecule is CCc1cccc(SC2=C(C)C(=O)CC(=O)C2COCCO)c1. The van der Waals surface area contributed by atoms with Crippen molar-refractivity contribution < 1.29 is 19.4 Å². The monoisotopic (exact) mass is 334 g/mol. The summed E-state index contributed by atoms with van der Waals surface area (Å²) >= 11 is 1.47. The van der Waals surface area contributed by atoms with E-state index in [0.717, 1.165) is 16.2 Å². The number of ether oxygens (including phenoxy) is 1. The molecule has 0 aromatic heterocycles. The topological polar surface area (TPSA) is 63.6 Å². The van der Waals surface area contributed by atoms with E-state index in [9.17, 15) is 9.59 Å². The summed E-state index contributed by atoms with van der Waals surface area (Å²) in [6, 6.07) is 8.12. The predicted molar refractivity (Wildman–Crippen MR) is 90.4 cm³/mol. The number of carbonyl (C=O) groups is 2. The Kier molecular flexibility index (Phi) is 6.57. The summed E-state index contributed by atoms with van der Waals surface area (Å²) < 4.78 is 5.36. The van der Waals surface area contributed by atoms with E-state index < -0.39 is 5.92 Å². The summed E-state index contributed by atoms with van der Waals surface area (Å²) in [4.78, 5) is 26.1. The minimum atomic E-state index is -0.422. The van der Waals surface area contributed by atoms with Crippen molar-refractivity contribution in [3.8, 4) is 0 Å². The Bertz CT molecular complexity index is 621. The van der Waals surface area contributed by atoms with Gasteiger partial charge in [0.1, 0.15) is 0 Å². The number of hydrogen-bond acceptors (Lipinski definition) is 5. The van der Waals surface area contributed by atoms with Gasteiger partial charge in [0, 0.05) is 15.4 Å². The largest absolute Gasteiger partial charge is 0.394 e. The number of ketones is 2. The predicted octanol–water partition coefficient (Wildman–Crippen LogP) is 2.78. The molecule has 1 N–H and O–H groups in total. The van der Waals surface area contributed by atoms with E-state index in [0.29, 0.717) is 5.57 Å². The van der Waals surface area contributed by atoms with Crippen molar-refractivity contribution in [1.82, 2.24) is 0 Å². The Balaban J connectivity index is 2.26. The molecule has 0 fully saturated rings. The first kappa shape index (κ1) is 17.9. The highest BCUT2D eigenvalue weighted by atomic mass is 32.2. The summed E-state index contributed by atoms with van der Waals surface area (Å²) in [5.74, 6) is -0.634. The fourth-order valence-electron chi connectivity index (χ4n) is 2.50. The van der Waals surface area contributed by atoms with Crippen LogP contribution in [0.1, 0.15) is 25.8 Å². The highest BCUT2D eigenvalue weighted by molar-refractivity contribution is 8.03. The molecule has 1 atom stereocenters. The molecule has 0 bridgehead atoms. The van der Waals surface area contributed by atoms with Gasteiger partial charge in [-0.15, -0.1) is 0 Å². The third-order valence-corrected chi connectivity index (χ3v) is 5.18. The highest BCUT2D eigenvalue weighted by Crippen LogP contribution is 2.39. The Morgan fingerprint density at radius 2 is 2.13 bits per heavy atom. The van der Waals surface area contributed by atoms with Gasteiger partial charge in [-0.05, 0) is 31.0 Å². The molecule has 23 heavy (non-hydrogen) atoms. The van der Waals surface area contributed by atoms with Gasteiger partial charge in [0.05, 0.1) is 32.2 Å². The summed E-state index contributed by atoms with van der Waals surface area (Å²) in [7, 11) is 0. The van der Waals surface area contributed by atoms with Gasteiger partial charge in [-0.1, -0.05) is 30.8 Å². The normalized spacial score (nSPS) is 18.7. The number of benzene rings is 1. The molecule has 1 unspecified atom stereocenters. The number of aliphatic hydroxyl groups excluding tert-OH is 1. The van der Waals surface area contributed by atoms with E-state index in [1.165, 1.54) is 17.3 Å². The van der Waals surface area contributed by atoms with Crippen LogP contribution in [0, 0.1) is 5.92 Å². The number of carbonyl (C=O) groups excluding carboxylic acids is 2. The first-order valence-corrected chi connectivity index (χ1v) is 8.60. The molecule has 4 nitrogen and oxygen atoms in total. The summed E-state index contributed by atoms with van der Waals surface area (Å²) in [5.41, 5.74) is 1.86. The van der Waals surface area contributed by atoms with Crippen LogP contribution < -0.4 is 0 Å². The Morgan fingerprint density at radius 3 is 2.83 bits per heavy atom. The number of aryl methyl sites for hydroxylation is 1. The maximum atomic E-state index is 12.3. The lowest BCUT2D eigenvalue weighted by molar-refractivity contribution is -0.129. The van der Waals surface area contributed by atoms with Gasteiger partial charge in [-0.25, -0.2) is 0 Å². The second-order valence-corrected chi connectivity index (χ2v) is 6.62. The zero-order chi connectivity index (χ0) is 16.8. The van der Waals surface area contributed by atoms with Crippen molar-refractivity contribution in [2.75, 3.05) is 19.8 Å². The quantitative estimate of drug-likeness (QED) is 0.614. The van der Waals surface area contributed by atoms with Gasteiger partial charge >= 0.3 is 0 Å². The van der Waals surface area contributed by atoms with Crippen LogP contribution in [0.15, 0.2) is 39.6 Å². The molecule has 0 saturated heterocycles. The maximum absolute atomic E-state index is 12.3. The molecule has 1 aliphatic carbocycles. The van der Waals surface area contributed by atoms with Crippen molar-refractivity contribution >= 4 is 23.3 Å². The number of aliphatic hydroxyl groups is 1. The molecule has 2 rings (SSSR count). The van der Waals surface area contributed by atoms with Crippen LogP contribution in [0.4, 0.5) is 0 Å². The van der Waals surface area contributed by atoms with Crippen LogP contribution in [0.3, 0.4) is 0 Å². The van der Waals surface area contributed by atoms with E-state index >= 15 is 0 Å². The van der Waals surface area contributed by atoms with Crippen LogP contribution in [-0.2, 0) is 20.7 Å². The van der Waals surface area contributed by atoms with Crippen LogP contribution in [0.25, 0.3) is 0 Å². The lowest BCUT2D eigenvalue weighted by Crippen LogP contribution is -2.30. The lowest BCUT2D eigenvalue weighted by Gasteiger charge is -2.25. The lowest BCUT2D eigenvalue weighted by atomic mass is 9.89. The average Bonchev–Trinajstić information content (AvgIpc) is 2.55. The van der Waals surface area contributed by atoms with E-state index in [1.807, 2.05) is 12.1 Å². The van der Waals surface area contributed by atoms with E-state index in [-0.39, 0.29) is 37.8 Å². The van der Waals surface area contributed by atoms with Gasteiger partial charge in [-0.3, -0.25) is 9.59 Å². The van der Waals surface area contributed by atoms with Crippen molar-refractivity contribution in [3.05, 3.63) is 40.3 Å². The molecule has 5 heteroatoms. The summed E-state index contributed by atoms with van der Waals surface area (Å²) in [5, 5.41) is 8.83. The second-order valence-electron chi connectivity index (χ2n) is 5.51. The molecule has 1 aliphatic rings. The fourth-order valence-corrected chi connectivity index (χ4v) is 3.72. The molecule has 0 amide bonds. The molecular weight excluding hydrogens is 312 g/mol. The van der Waals surface area contributed by atoms with Gasteiger partial charge in [-0.2, -0.15) is 0 Å². The van der Waals surface area contributed by atoms with E-state index in [2.05, 4.69) is 19.1 Å². The van der Waals surface area contributed by atoms with E-state index in [4.69, 9.17) is 9.84 Å². The number of Topliss-reactive ketones (excluding diaryl/α,β-unsaturated/α-hetero) is 2. The standard InChI is InChI=1S/C18H22O4S/c1-3-13-5-4-6-14(9-13)23-18-12(2)16(20)10-17(21)15(18)11-22-8-7-19/h4-6,9,15,19H,3,7-8,10-11H2,1-2H3. The Morgan fingerprint density at radius 1 is 1.35 bits per heavy atom. The van der Waals surface area contributed by atoms with Crippen LogP contribution in [-0.4, -0.2) is 36.5 Å². The van der Waals surface area contributed by atoms with Crippen molar-refractivity contribution in [2.24, 2.45) is 5.92 Å². The zero-order valence-electron chi connectivity index (χ0n) is 13.5. The molecule has 0 spiro atoms. The summed E-state index contributed by atoms with van der Waals surface area (Å²) in [6.07, 6.45) is 0.880. The molecule has 1 aromatic carbocycles. The number of hydrogen-bond donors (Lipinski definition) is 1. The molecule has 0 aliphatic heterocycles. The third kappa shape index (κ3) is 4.53. The molecule has 0 heterocycles. The molecule has 0 radical (unpaired) electrons. The van der Waals surface area contributed by atoms with E-state index in [1.54, 1.807) is 6.92 Å². The Labute approximate surface area is 140 Å². The van der Waals surface area contributed by atoms with Gasteiger partial charge < -0.3 is 9.84 Å². The van der Waals surface area contributed by atoms with Crippen LogP contribution >= 0.6 is 11.8 Å². The first-order valence-electron chi connectivity index (χ1n) is 7.78. The highest BCUT2D eigenvalue weighted by Gasteiger charge is 2.33. The molecular formula is C18H22O4S. The minimum absolute atomic E-state index is 0.0575. The number of rotatable bonds is 7. The number of thioether (sulfide) groups is 1. The van der Waals surface area contributed by atoms with Crippen LogP contribution in [0.2, 0.25) is 0 Å². The number of allylic oxidation sites excluding steroid dienone is 1. The van der Waals surface area contributed by atoms with Crippen LogP contribution in [0.5, 0.6) is 0 Å². The Hall–Kier alpha value is -1.43. The van der Waals surface area contributed by atoms with Gasteiger partial charge in [0.2, 0.25) is 0 Å². The van der Waals surface area contributed by atoms with Crippen molar-refractivity contribution in [1.29, 1.82) is 0 Å². The summed E-state index contributed by atoms with van der Waals surface area (Å²) in [6.45, 7) is 4.19. The zero-order valence-corrected chi connectivity index (χ0v) is 14.3. The second kappa shape index (κ2) is 8.43. The van der Waals surface area contributed by atoms with Gasteiger partial charge in [0.15, 0.2) is 11.6 Å². The third-order valence-electron chi connectivity index (χ3n) is 3.88. The molecule has 124 valence electrons. The maximum Gasteiger partial charge on any atom is 0.166 e. The smallest absolute Gasteiger partial charge is 0.166 e. The molecule has 0 saturated carbocycles. The minimum Gasteiger partial charge on any atom is -0.394 e. The van der Waals surface area contributed by atoms with Gasteiger partial charge in [0.25, 0.3) is 0 Å². The average molecular weight is 334 g/mol. The van der Waals surface area contributed by atoms with Crippen molar-refractivity contribution in [2.45, 2.75) is 31.6 Å². The van der Waals surface area contributed by atoms with Crippen molar-refractivity contribution in [3.63, 3.8) is 0 Å².